The van der Waals surface area contributed by atoms with Crippen LogP contribution in [0.25, 0.3) is 0 Å². The van der Waals surface area contributed by atoms with E-state index in [1.54, 1.807) is 5.01 Å². The maximum atomic E-state index is 4.70. The van der Waals surface area contributed by atoms with Gasteiger partial charge in [-0.1, -0.05) is 20.3 Å². The van der Waals surface area contributed by atoms with Gasteiger partial charge < -0.3 is 0 Å². The highest BCUT2D eigenvalue weighted by molar-refractivity contribution is 5.84. The zero-order valence-corrected chi connectivity index (χ0v) is 10.2. The van der Waals surface area contributed by atoms with Crippen molar-refractivity contribution < 1.29 is 0 Å². The Kier molecular flexibility index (Phi) is 5.43. The van der Waals surface area contributed by atoms with Gasteiger partial charge in [0.25, 0.3) is 0 Å². The molecule has 0 unspecified atom stereocenters. The van der Waals surface area contributed by atoms with Gasteiger partial charge in [-0.3, -0.25) is 10.0 Å². The Labute approximate surface area is 87.9 Å². The highest BCUT2D eigenvalue weighted by Crippen LogP contribution is 2.16. The quantitative estimate of drug-likeness (QED) is 0.475. The lowest BCUT2D eigenvalue weighted by molar-refractivity contribution is 0.174. The normalized spacial score (nSPS) is 12.8. The molecule has 0 saturated carbocycles. The van der Waals surface area contributed by atoms with E-state index in [4.69, 9.17) is 4.99 Å². The summed E-state index contributed by atoms with van der Waals surface area (Å²) in [6.07, 6.45) is 3.24. The molecule has 0 spiro atoms. The van der Waals surface area contributed by atoms with Gasteiger partial charge in [0.15, 0.2) is 0 Å². The molecule has 0 aromatic rings. The molecule has 0 N–H and O–H groups in total. The van der Waals surface area contributed by atoms with Crippen molar-refractivity contribution >= 4 is 12.4 Å². The maximum absolute atomic E-state index is 4.70. The Bertz CT molecular complexity index is 207. The predicted octanol–water partition coefficient (Wildman–Crippen LogP) is 2.92. The first-order valence-corrected chi connectivity index (χ1v) is 5.26. The molecule has 0 aliphatic rings. The van der Waals surface area contributed by atoms with Crippen LogP contribution in [0.1, 0.15) is 47.0 Å². The number of hydrogen-bond donors (Lipinski definition) is 0. The van der Waals surface area contributed by atoms with Crippen molar-refractivity contribution in [3.8, 4) is 0 Å². The van der Waals surface area contributed by atoms with Crippen molar-refractivity contribution in [2.24, 2.45) is 10.1 Å². The largest absolute Gasteiger partial charge is 0.274 e. The molecule has 0 aromatic carbocycles. The molecule has 0 aromatic heterocycles. The van der Waals surface area contributed by atoms with Crippen LogP contribution in [-0.2, 0) is 0 Å². The predicted molar refractivity (Wildman–Crippen MR) is 64.0 cm³/mol. The van der Waals surface area contributed by atoms with Gasteiger partial charge in [-0.2, -0.15) is 5.10 Å². The SMILES string of the molecule is C=NN(C)C(C)(C)/N=C(\CC)CCC. The monoisotopic (exact) mass is 197 g/mol. The Balaban J connectivity index is 4.63. The highest BCUT2D eigenvalue weighted by Gasteiger charge is 2.20. The van der Waals surface area contributed by atoms with Crippen molar-refractivity contribution in [2.45, 2.75) is 52.6 Å². The first-order valence-electron chi connectivity index (χ1n) is 5.26. The minimum atomic E-state index is -0.276. The summed E-state index contributed by atoms with van der Waals surface area (Å²) in [6, 6.07) is 0. The Hall–Kier alpha value is -0.860. The third kappa shape index (κ3) is 3.90. The van der Waals surface area contributed by atoms with Crippen molar-refractivity contribution in [1.29, 1.82) is 0 Å². The molecule has 0 amide bonds. The first-order chi connectivity index (χ1) is 6.47. The molecular formula is C11H23N3. The third-order valence-corrected chi connectivity index (χ3v) is 2.38. The highest BCUT2D eigenvalue weighted by atomic mass is 15.5. The van der Waals surface area contributed by atoms with Gasteiger partial charge in [0, 0.05) is 19.5 Å². The van der Waals surface area contributed by atoms with Crippen molar-refractivity contribution in [1.82, 2.24) is 5.01 Å². The Morgan fingerprint density at radius 3 is 2.29 bits per heavy atom. The van der Waals surface area contributed by atoms with Crippen LogP contribution in [0.15, 0.2) is 10.1 Å². The van der Waals surface area contributed by atoms with Gasteiger partial charge in [0.1, 0.15) is 5.66 Å². The van der Waals surface area contributed by atoms with Crippen molar-refractivity contribution in [3.05, 3.63) is 0 Å². The van der Waals surface area contributed by atoms with Gasteiger partial charge in [-0.15, -0.1) is 0 Å². The van der Waals surface area contributed by atoms with Crippen molar-refractivity contribution in [2.75, 3.05) is 7.05 Å². The van der Waals surface area contributed by atoms with Gasteiger partial charge in [-0.25, -0.2) is 0 Å². The standard InChI is InChI=1S/C11H23N3/c1-7-9-10(8-2)13-11(3,4)14(6)12-5/h5,7-9H2,1-4,6H3/b13-10+. The summed E-state index contributed by atoms with van der Waals surface area (Å²) < 4.78 is 0. The molecule has 82 valence electrons. The van der Waals surface area contributed by atoms with Crippen molar-refractivity contribution in [3.63, 3.8) is 0 Å². The molecule has 3 heteroatoms. The molecule has 0 bridgehead atoms. The van der Waals surface area contributed by atoms with E-state index in [-0.39, 0.29) is 5.66 Å². The lowest BCUT2D eigenvalue weighted by atomic mass is 10.1. The molecule has 0 heterocycles. The van der Waals surface area contributed by atoms with Gasteiger partial charge in [0.05, 0.1) is 0 Å². The number of hydrazone groups is 1. The number of aliphatic imine (C=N–C) groups is 1. The minimum Gasteiger partial charge on any atom is -0.274 e. The molecular weight excluding hydrogens is 174 g/mol. The fourth-order valence-corrected chi connectivity index (χ4v) is 1.23. The third-order valence-electron chi connectivity index (χ3n) is 2.38. The molecule has 0 atom stereocenters. The van der Waals surface area contributed by atoms with E-state index in [2.05, 4.69) is 25.7 Å². The number of nitrogens with zero attached hydrogens (tertiary/aromatic N) is 3. The fraction of sp³-hybridized carbons (Fsp3) is 0.818. The lowest BCUT2D eigenvalue weighted by Crippen LogP contribution is -2.36. The van der Waals surface area contributed by atoms with Crippen LogP contribution in [0.3, 0.4) is 0 Å². The summed E-state index contributed by atoms with van der Waals surface area (Å²) in [7, 11) is 1.90. The van der Waals surface area contributed by atoms with E-state index in [1.807, 2.05) is 20.9 Å². The van der Waals surface area contributed by atoms with Crippen LogP contribution >= 0.6 is 0 Å². The average Bonchev–Trinajstić information content (AvgIpc) is 2.15. The Morgan fingerprint density at radius 1 is 1.36 bits per heavy atom. The van der Waals surface area contributed by atoms with Crippen LogP contribution in [0, 0.1) is 0 Å². The molecule has 14 heavy (non-hydrogen) atoms. The second-order valence-electron chi connectivity index (χ2n) is 3.94. The molecule has 0 aliphatic carbocycles. The second kappa shape index (κ2) is 5.78. The van der Waals surface area contributed by atoms with Crippen LogP contribution in [0.4, 0.5) is 0 Å². The topological polar surface area (TPSA) is 28.0 Å². The van der Waals surface area contributed by atoms with Crippen LogP contribution in [0.2, 0.25) is 0 Å². The summed E-state index contributed by atoms with van der Waals surface area (Å²) in [4.78, 5) is 4.70. The van der Waals surface area contributed by atoms with Crippen LogP contribution in [0.5, 0.6) is 0 Å². The second-order valence-corrected chi connectivity index (χ2v) is 3.94. The molecule has 0 saturated heterocycles. The molecule has 0 radical (unpaired) electrons. The van der Waals surface area contributed by atoms with E-state index >= 15 is 0 Å². The average molecular weight is 197 g/mol. The zero-order chi connectivity index (χ0) is 11.2. The van der Waals surface area contributed by atoms with E-state index in [0.29, 0.717) is 0 Å². The van der Waals surface area contributed by atoms with Gasteiger partial charge in [0.2, 0.25) is 0 Å². The Morgan fingerprint density at radius 2 is 1.93 bits per heavy atom. The van der Waals surface area contributed by atoms with E-state index in [0.717, 1.165) is 19.3 Å². The summed E-state index contributed by atoms with van der Waals surface area (Å²) in [5.74, 6) is 0. The number of hydrogen-bond acceptors (Lipinski definition) is 3. The van der Waals surface area contributed by atoms with E-state index < -0.39 is 0 Å². The van der Waals surface area contributed by atoms with E-state index in [9.17, 15) is 0 Å². The van der Waals surface area contributed by atoms with Crippen LogP contribution < -0.4 is 0 Å². The maximum Gasteiger partial charge on any atom is 0.141 e. The molecule has 3 nitrogen and oxygen atoms in total. The minimum absolute atomic E-state index is 0.276. The van der Waals surface area contributed by atoms with Gasteiger partial charge in [-0.05, 0) is 26.7 Å². The summed E-state index contributed by atoms with van der Waals surface area (Å²) in [5.41, 5.74) is 0.982. The van der Waals surface area contributed by atoms with Crippen LogP contribution in [-0.4, -0.2) is 30.1 Å². The summed E-state index contributed by atoms with van der Waals surface area (Å²) in [6.45, 7) is 11.9. The zero-order valence-electron chi connectivity index (χ0n) is 10.2. The van der Waals surface area contributed by atoms with E-state index in [1.165, 1.54) is 5.71 Å². The molecule has 0 aliphatic heterocycles. The van der Waals surface area contributed by atoms with Gasteiger partial charge >= 0.3 is 0 Å². The molecule has 0 fully saturated rings. The first kappa shape index (κ1) is 13.1. The molecule has 0 rings (SSSR count). The number of rotatable bonds is 6. The fourth-order valence-electron chi connectivity index (χ4n) is 1.23. The summed E-state index contributed by atoms with van der Waals surface area (Å²) in [5, 5.41) is 5.67. The lowest BCUT2D eigenvalue weighted by Gasteiger charge is -2.30. The summed E-state index contributed by atoms with van der Waals surface area (Å²) >= 11 is 0. The smallest absolute Gasteiger partial charge is 0.141 e.